The molecule has 0 amide bonds. The van der Waals surface area contributed by atoms with Gasteiger partial charge in [-0.15, -0.1) is 0 Å². The van der Waals surface area contributed by atoms with Crippen molar-refractivity contribution in [2.75, 3.05) is 0 Å². The highest BCUT2D eigenvalue weighted by atomic mass is 19.2. The molecule has 106 valence electrons. The molecular formula is C15H16F2N2O. The fourth-order valence-electron chi connectivity index (χ4n) is 1.88. The van der Waals surface area contributed by atoms with Crippen molar-refractivity contribution in [3.05, 3.63) is 65.5 Å². The van der Waals surface area contributed by atoms with Gasteiger partial charge in [0.1, 0.15) is 0 Å². The zero-order valence-corrected chi connectivity index (χ0v) is 11.1. The van der Waals surface area contributed by atoms with Crippen LogP contribution in [0.1, 0.15) is 24.2 Å². The Morgan fingerprint density at radius 3 is 2.70 bits per heavy atom. The average molecular weight is 278 g/mol. The lowest BCUT2D eigenvalue weighted by Gasteiger charge is -2.20. The van der Waals surface area contributed by atoms with Crippen LogP contribution in [0.25, 0.3) is 0 Å². The van der Waals surface area contributed by atoms with Crippen LogP contribution < -0.4 is 5.32 Å². The van der Waals surface area contributed by atoms with Gasteiger partial charge in [0.2, 0.25) is 0 Å². The standard InChI is InChI=1S/C15H16F2N2O/c1-10(19-9-11-3-2-6-18-8-11)15(20)12-4-5-13(16)14(17)7-12/h2-8,10,15,19-20H,9H2,1H3. The molecule has 3 nitrogen and oxygen atoms in total. The number of nitrogens with zero attached hydrogens (tertiary/aromatic N) is 1. The second-order valence-corrected chi connectivity index (χ2v) is 4.65. The molecule has 2 rings (SSSR count). The van der Waals surface area contributed by atoms with Crippen molar-refractivity contribution in [2.45, 2.75) is 25.6 Å². The summed E-state index contributed by atoms with van der Waals surface area (Å²) in [4.78, 5) is 3.99. The number of aliphatic hydroxyl groups is 1. The van der Waals surface area contributed by atoms with Crippen LogP contribution in [0.3, 0.4) is 0 Å². The third-order valence-electron chi connectivity index (χ3n) is 3.11. The van der Waals surface area contributed by atoms with Gasteiger partial charge in [-0.05, 0) is 36.2 Å². The minimum atomic E-state index is -0.957. The van der Waals surface area contributed by atoms with E-state index in [0.717, 1.165) is 17.7 Å². The molecule has 0 bridgehead atoms. The van der Waals surface area contributed by atoms with Crippen LogP contribution in [-0.4, -0.2) is 16.1 Å². The number of aromatic nitrogens is 1. The SMILES string of the molecule is CC(NCc1cccnc1)C(O)c1ccc(F)c(F)c1. The Kier molecular flexibility index (Phi) is 4.76. The van der Waals surface area contributed by atoms with Crippen LogP contribution >= 0.6 is 0 Å². The van der Waals surface area contributed by atoms with Crippen molar-refractivity contribution >= 4 is 0 Å². The van der Waals surface area contributed by atoms with Crippen molar-refractivity contribution in [1.29, 1.82) is 0 Å². The van der Waals surface area contributed by atoms with Gasteiger partial charge in [-0.3, -0.25) is 4.98 Å². The highest BCUT2D eigenvalue weighted by Crippen LogP contribution is 2.19. The maximum absolute atomic E-state index is 13.1. The van der Waals surface area contributed by atoms with Gasteiger partial charge in [-0.25, -0.2) is 8.78 Å². The van der Waals surface area contributed by atoms with E-state index in [-0.39, 0.29) is 6.04 Å². The Balaban J connectivity index is 1.97. The van der Waals surface area contributed by atoms with Gasteiger partial charge in [0.05, 0.1) is 6.10 Å². The molecule has 0 aliphatic carbocycles. The molecule has 0 spiro atoms. The molecule has 0 saturated carbocycles. The predicted molar refractivity (Wildman–Crippen MR) is 71.9 cm³/mol. The number of halogens is 2. The zero-order chi connectivity index (χ0) is 14.5. The molecule has 0 fully saturated rings. The molecule has 1 heterocycles. The smallest absolute Gasteiger partial charge is 0.159 e. The molecule has 20 heavy (non-hydrogen) atoms. The maximum atomic E-state index is 13.1. The number of hydrogen-bond acceptors (Lipinski definition) is 3. The molecule has 0 aliphatic rings. The Bertz CT molecular complexity index is 563. The lowest BCUT2D eigenvalue weighted by atomic mass is 10.0. The highest BCUT2D eigenvalue weighted by Gasteiger charge is 2.17. The summed E-state index contributed by atoms with van der Waals surface area (Å²) in [6, 6.07) is 6.85. The number of rotatable bonds is 5. The summed E-state index contributed by atoms with van der Waals surface area (Å²) in [6.45, 7) is 2.32. The molecule has 2 aromatic rings. The minimum Gasteiger partial charge on any atom is -0.387 e. The maximum Gasteiger partial charge on any atom is 0.159 e. The first-order valence-electron chi connectivity index (χ1n) is 6.33. The van der Waals surface area contributed by atoms with Crippen LogP contribution in [0.5, 0.6) is 0 Å². The van der Waals surface area contributed by atoms with Crippen molar-refractivity contribution < 1.29 is 13.9 Å². The molecular weight excluding hydrogens is 262 g/mol. The zero-order valence-electron chi connectivity index (χ0n) is 11.1. The van der Waals surface area contributed by atoms with E-state index in [1.165, 1.54) is 6.07 Å². The van der Waals surface area contributed by atoms with Crippen LogP contribution in [0, 0.1) is 11.6 Å². The van der Waals surface area contributed by atoms with E-state index in [1.54, 1.807) is 19.3 Å². The first kappa shape index (κ1) is 14.6. The summed E-state index contributed by atoms with van der Waals surface area (Å²) in [7, 11) is 0. The molecule has 2 unspecified atom stereocenters. The van der Waals surface area contributed by atoms with E-state index >= 15 is 0 Å². The van der Waals surface area contributed by atoms with Gasteiger partial charge in [0.25, 0.3) is 0 Å². The molecule has 0 aliphatic heterocycles. The second-order valence-electron chi connectivity index (χ2n) is 4.65. The monoisotopic (exact) mass is 278 g/mol. The van der Waals surface area contributed by atoms with Gasteiger partial charge < -0.3 is 10.4 Å². The van der Waals surface area contributed by atoms with E-state index < -0.39 is 17.7 Å². The third kappa shape index (κ3) is 3.59. The second kappa shape index (κ2) is 6.54. The Labute approximate surface area is 116 Å². The first-order valence-corrected chi connectivity index (χ1v) is 6.33. The van der Waals surface area contributed by atoms with Crippen LogP contribution in [0.2, 0.25) is 0 Å². The Morgan fingerprint density at radius 1 is 1.25 bits per heavy atom. The molecule has 1 aromatic carbocycles. The van der Waals surface area contributed by atoms with E-state index in [2.05, 4.69) is 10.3 Å². The largest absolute Gasteiger partial charge is 0.387 e. The van der Waals surface area contributed by atoms with Crippen LogP contribution in [0.15, 0.2) is 42.7 Å². The quantitative estimate of drug-likeness (QED) is 0.883. The van der Waals surface area contributed by atoms with Gasteiger partial charge in [-0.2, -0.15) is 0 Å². The van der Waals surface area contributed by atoms with E-state index in [1.807, 2.05) is 12.1 Å². The fourth-order valence-corrected chi connectivity index (χ4v) is 1.88. The number of benzene rings is 1. The van der Waals surface area contributed by atoms with E-state index in [4.69, 9.17) is 0 Å². The van der Waals surface area contributed by atoms with E-state index in [9.17, 15) is 13.9 Å². The lowest BCUT2D eigenvalue weighted by Crippen LogP contribution is -2.31. The summed E-state index contributed by atoms with van der Waals surface area (Å²) in [5.41, 5.74) is 1.33. The summed E-state index contributed by atoms with van der Waals surface area (Å²) < 4.78 is 26.0. The van der Waals surface area contributed by atoms with E-state index in [0.29, 0.717) is 12.1 Å². The van der Waals surface area contributed by atoms with Gasteiger partial charge in [0, 0.05) is 25.0 Å². The molecule has 1 aromatic heterocycles. The van der Waals surface area contributed by atoms with Crippen molar-refractivity contribution in [3.63, 3.8) is 0 Å². The third-order valence-corrected chi connectivity index (χ3v) is 3.11. The summed E-state index contributed by atoms with van der Waals surface area (Å²) in [6.07, 6.45) is 2.49. The van der Waals surface area contributed by atoms with Gasteiger partial charge in [-0.1, -0.05) is 12.1 Å². The molecule has 2 atom stereocenters. The normalized spacial score (nSPS) is 14.0. The average Bonchev–Trinajstić information content (AvgIpc) is 2.48. The fraction of sp³-hybridized carbons (Fsp3) is 0.267. The van der Waals surface area contributed by atoms with Crippen LogP contribution in [-0.2, 0) is 6.54 Å². The van der Waals surface area contributed by atoms with Crippen molar-refractivity contribution in [2.24, 2.45) is 0 Å². The number of aliphatic hydroxyl groups excluding tert-OH is 1. The molecule has 5 heteroatoms. The summed E-state index contributed by atoms with van der Waals surface area (Å²) >= 11 is 0. The summed E-state index contributed by atoms with van der Waals surface area (Å²) in [5, 5.41) is 13.2. The molecule has 2 N–H and O–H groups in total. The van der Waals surface area contributed by atoms with Crippen molar-refractivity contribution in [1.82, 2.24) is 10.3 Å². The topological polar surface area (TPSA) is 45.2 Å². The number of pyridine rings is 1. The summed E-state index contributed by atoms with van der Waals surface area (Å²) in [5.74, 6) is -1.88. The molecule has 0 radical (unpaired) electrons. The minimum absolute atomic E-state index is 0.305. The Hall–Kier alpha value is -1.85. The van der Waals surface area contributed by atoms with Gasteiger partial charge >= 0.3 is 0 Å². The number of nitrogens with one attached hydrogen (secondary N) is 1. The molecule has 0 saturated heterocycles. The first-order chi connectivity index (χ1) is 9.58. The van der Waals surface area contributed by atoms with Crippen LogP contribution in [0.4, 0.5) is 8.78 Å². The highest BCUT2D eigenvalue weighted by molar-refractivity contribution is 5.21. The number of hydrogen-bond donors (Lipinski definition) is 2. The predicted octanol–water partition coefficient (Wildman–Crippen LogP) is 2.57. The Morgan fingerprint density at radius 2 is 2.05 bits per heavy atom. The lowest BCUT2D eigenvalue weighted by molar-refractivity contribution is 0.135. The van der Waals surface area contributed by atoms with Crippen molar-refractivity contribution in [3.8, 4) is 0 Å². The van der Waals surface area contributed by atoms with Gasteiger partial charge in [0.15, 0.2) is 11.6 Å².